The molecule has 3 aromatic rings. The highest BCUT2D eigenvalue weighted by atomic mass is 16.4. The van der Waals surface area contributed by atoms with E-state index in [1.165, 1.54) is 5.56 Å². The number of aromatic nitrogens is 1. The number of benzene rings is 2. The van der Waals surface area contributed by atoms with Crippen molar-refractivity contribution in [1.29, 1.82) is 0 Å². The van der Waals surface area contributed by atoms with Crippen LogP contribution in [0.1, 0.15) is 22.3 Å². The van der Waals surface area contributed by atoms with Gasteiger partial charge in [0.2, 0.25) is 0 Å². The molecule has 21 heavy (non-hydrogen) atoms. The highest BCUT2D eigenvalue weighted by molar-refractivity contribution is 6.02. The number of aromatic carboxylic acids is 1. The quantitative estimate of drug-likeness (QED) is 0.767. The van der Waals surface area contributed by atoms with Crippen LogP contribution in [0.2, 0.25) is 0 Å². The second-order valence-corrected chi connectivity index (χ2v) is 5.14. The number of carboxylic acids is 1. The normalized spacial score (nSPS) is 10.9. The van der Waals surface area contributed by atoms with E-state index >= 15 is 0 Å². The third kappa shape index (κ3) is 2.82. The van der Waals surface area contributed by atoms with Gasteiger partial charge < -0.3 is 9.67 Å². The van der Waals surface area contributed by atoms with Gasteiger partial charge in [0.15, 0.2) is 0 Å². The van der Waals surface area contributed by atoms with Crippen molar-refractivity contribution in [2.45, 2.75) is 19.4 Å². The Hall–Kier alpha value is -2.55. The smallest absolute Gasteiger partial charge is 0.336 e. The molecule has 0 bridgehead atoms. The number of aryl methyl sites for hydroxylation is 2. The average molecular weight is 279 g/mol. The van der Waals surface area contributed by atoms with Gasteiger partial charge in [-0.3, -0.25) is 0 Å². The fourth-order valence-electron chi connectivity index (χ4n) is 2.70. The number of carboxylic acid groups (broad SMARTS) is 1. The van der Waals surface area contributed by atoms with Gasteiger partial charge in [0.1, 0.15) is 0 Å². The molecule has 0 saturated heterocycles. The minimum atomic E-state index is -0.873. The van der Waals surface area contributed by atoms with Crippen LogP contribution in [0, 0.1) is 0 Å². The maximum atomic E-state index is 11.2. The Morgan fingerprint density at radius 3 is 2.57 bits per heavy atom. The molecule has 2 aromatic carbocycles. The molecule has 0 spiro atoms. The molecule has 0 atom stereocenters. The maximum Gasteiger partial charge on any atom is 0.336 e. The van der Waals surface area contributed by atoms with Crippen LogP contribution >= 0.6 is 0 Å². The first kappa shape index (κ1) is 13.4. The third-order valence-corrected chi connectivity index (χ3v) is 3.75. The van der Waals surface area contributed by atoms with Gasteiger partial charge in [-0.25, -0.2) is 4.79 Å². The molecule has 3 nitrogen and oxygen atoms in total. The monoisotopic (exact) mass is 279 g/mol. The first-order chi connectivity index (χ1) is 10.3. The Balaban J connectivity index is 1.76. The van der Waals surface area contributed by atoms with E-state index in [4.69, 9.17) is 0 Å². The molecule has 1 heterocycles. The highest BCUT2D eigenvalue weighted by Gasteiger charge is 2.10. The van der Waals surface area contributed by atoms with Crippen molar-refractivity contribution < 1.29 is 9.90 Å². The summed E-state index contributed by atoms with van der Waals surface area (Å²) in [7, 11) is 0. The molecule has 0 saturated carbocycles. The lowest BCUT2D eigenvalue weighted by atomic mass is 10.1. The van der Waals surface area contributed by atoms with Gasteiger partial charge in [-0.2, -0.15) is 0 Å². The van der Waals surface area contributed by atoms with Gasteiger partial charge in [-0.05, 0) is 36.6 Å². The molecule has 1 aromatic heterocycles. The summed E-state index contributed by atoms with van der Waals surface area (Å²) in [5.74, 6) is -0.873. The zero-order chi connectivity index (χ0) is 14.7. The summed E-state index contributed by atoms with van der Waals surface area (Å²) in [4.78, 5) is 11.2. The minimum Gasteiger partial charge on any atom is -0.478 e. The fraction of sp³-hybridized carbons (Fsp3) is 0.167. The van der Waals surface area contributed by atoms with Gasteiger partial charge in [0.05, 0.1) is 5.56 Å². The SMILES string of the molecule is O=C(O)c1cccc2c1ccn2CCCc1ccccc1. The summed E-state index contributed by atoms with van der Waals surface area (Å²) in [6.07, 6.45) is 4.03. The molecular weight excluding hydrogens is 262 g/mol. The summed E-state index contributed by atoms with van der Waals surface area (Å²) < 4.78 is 2.13. The Bertz CT molecular complexity index is 759. The van der Waals surface area contributed by atoms with E-state index in [2.05, 4.69) is 28.8 Å². The van der Waals surface area contributed by atoms with Gasteiger partial charge in [-0.15, -0.1) is 0 Å². The van der Waals surface area contributed by atoms with Crippen LogP contribution in [0.5, 0.6) is 0 Å². The molecule has 0 aliphatic carbocycles. The number of hydrogen-bond acceptors (Lipinski definition) is 1. The molecule has 0 radical (unpaired) electrons. The van der Waals surface area contributed by atoms with E-state index in [9.17, 15) is 9.90 Å². The highest BCUT2D eigenvalue weighted by Crippen LogP contribution is 2.21. The van der Waals surface area contributed by atoms with Crippen molar-refractivity contribution in [3.05, 3.63) is 71.9 Å². The van der Waals surface area contributed by atoms with Crippen LogP contribution in [-0.4, -0.2) is 15.6 Å². The molecule has 0 unspecified atom stereocenters. The molecule has 0 fully saturated rings. The van der Waals surface area contributed by atoms with Gasteiger partial charge in [0.25, 0.3) is 0 Å². The average Bonchev–Trinajstić information content (AvgIpc) is 2.91. The molecule has 3 heteroatoms. The van der Waals surface area contributed by atoms with Crippen LogP contribution in [-0.2, 0) is 13.0 Å². The van der Waals surface area contributed by atoms with Crippen LogP contribution in [0.15, 0.2) is 60.8 Å². The summed E-state index contributed by atoms with van der Waals surface area (Å²) in [5, 5.41) is 10.0. The number of rotatable bonds is 5. The molecule has 1 N–H and O–H groups in total. The van der Waals surface area contributed by atoms with Gasteiger partial charge >= 0.3 is 5.97 Å². The molecule has 0 amide bonds. The molecule has 0 aliphatic rings. The Morgan fingerprint density at radius 1 is 1.00 bits per heavy atom. The van der Waals surface area contributed by atoms with Crippen molar-refractivity contribution in [1.82, 2.24) is 4.57 Å². The third-order valence-electron chi connectivity index (χ3n) is 3.75. The lowest BCUT2D eigenvalue weighted by molar-refractivity contribution is 0.0699. The number of fused-ring (bicyclic) bond motifs is 1. The van der Waals surface area contributed by atoms with Crippen molar-refractivity contribution in [2.24, 2.45) is 0 Å². The predicted molar refractivity (Wildman–Crippen MR) is 83.7 cm³/mol. The Labute approximate surface area is 123 Å². The first-order valence-electron chi connectivity index (χ1n) is 7.11. The van der Waals surface area contributed by atoms with E-state index in [0.717, 1.165) is 30.3 Å². The number of carbonyl (C=O) groups is 1. The summed E-state index contributed by atoms with van der Waals surface area (Å²) in [6, 6.07) is 17.7. The molecule has 0 aliphatic heterocycles. The maximum absolute atomic E-state index is 11.2. The van der Waals surface area contributed by atoms with Crippen LogP contribution < -0.4 is 0 Å². The van der Waals surface area contributed by atoms with E-state index in [-0.39, 0.29) is 0 Å². The van der Waals surface area contributed by atoms with E-state index in [1.807, 2.05) is 24.4 Å². The largest absolute Gasteiger partial charge is 0.478 e. The zero-order valence-electron chi connectivity index (χ0n) is 11.7. The molecule has 3 rings (SSSR count). The van der Waals surface area contributed by atoms with Gasteiger partial charge in [0, 0.05) is 23.6 Å². The van der Waals surface area contributed by atoms with Crippen LogP contribution in [0.3, 0.4) is 0 Å². The van der Waals surface area contributed by atoms with Crippen molar-refractivity contribution >= 4 is 16.9 Å². The number of nitrogens with zero attached hydrogens (tertiary/aromatic N) is 1. The van der Waals surface area contributed by atoms with Gasteiger partial charge in [-0.1, -0.05) is 36.4 Å². The summed E-state index contributed by atoms with van der Waals surface area (Å²) >= 11 is 0. The van der Waals surface area contributed by atoms with Crippen molar-refractivity contribution in [2.75, 3.05) is 0 Å². The first-order valence-corrected chi connectivity index (χ1v) is 7.11. The predicted octanol–water partition coefficient (Wildman–Crippen LogP) is 3.97. The van der Waals surface area contributed by atoms with Crippen LogP contribution in [0.4, 0.5) is 0 Å². The number of hydrogen-bond donors (Lipinski definition) is 1. The van der Waals surface area contributed by atoms with Crippen molar-refractivity contribution in [3.63, 3.8) is 0 Å². The minimum absolute atomic E-state index is 0.370. The molecule has 106 valence electrons. The van der Waals surface area contributed by atoms with E-state index < -0.39 is 5.97 Å². The van der Waals surface area contributed by atoms with Crippen molar-refractivity contribution in [3.8, 4) is 0 Å². The molecular formula is C18H17NO2. The Morgan fingerprint density at radius 2 is 1.81 bits per heavy atom. The van der Waals surface area contributed by atoms with E-state index in [1.54, 1.807) is 12.1 Å². The summed E-state index contributed by atoms with van der Waals surface area (Å²) in [5.41, 5.74) is 2.69. The topological polar surface area (TPSA) is 42.2 Å². The zero-order valence-corrected chi connectivity index (χ0v) is 11.7. The lowest BCUT2D eigenvalue weighted by Gasteiger charge is -2.06. The standard InChI is InChI=1S/C18H17NO2/c20-18(21)16-9-4-10-17-15(16)11-13-19(17)12-5-8-14-6-2-1-3-7-14/h1-4,6-7,9-11,13H,5,8,12H2,(H,20,21). The lowest BCUT2D eigenvalue weighted by Crippen LogP contribution is -2.00. The Kier molecular flexibility index (Phi) is 3.73. The van der Waals surface area contributed by atoms with E-state index in [0.29, 0.717) is 5.56 Å². The second kappa shape index (κ2) is 5.83. The van der Waals surface area contributed by atoms with Crippen LogP contribution in [0.25, 0.3) is 10.9 Å². The second-order valence-electron chi connectivity index (χ2n) is 5.14. The summed E-state index contributed by atoms with van der Waals surface area (Å²) in [6.45, 7) is 0.890. The fourth-order valence-corrected chi connectivity index (χ4v) is 2.70.